The van der Waals surface area contributed by atoms with Crippen LogP contribution >= 0.6 is 0 Å². The highest BCUT2D eigenvalue weighted by Crippen LogP contribution is 2.23. The van der Waals surface area contributed by atoms with Crippen molar-refractivity contribution in [3.63, 3.8) is 0 Å². The van der Waals surface area contributed by atoms with E-state index in [0.717, 1.165) is 24.2 Å². The minimum absolute atomic E-state index is 0.0680. The van der Waals surface area contributed by atoms with Gasteiger partial charge in [-0.25, -0.2) is 0 Å². The van der Waals surface area contributed by atoms with Crippen LogP contribution in [0.1, 0.15) is 44.5 Å². The van der Waals surface area contributed by atoms with E-state index in [1.165, 1.54) is 0 Å². The zero-order valence-corrected chi connectivity index (χ0v) is 12.1. The number of hydrogen-bond donors (Lipinski definition) is 1. The number of hydrogen-bond acceptors (Lipinski definition) is 2. The second-order valence-corrected chi connectivity index (χ2v) is 5.11. The van der Waals surface area contributed by atoms with Crippen LogP contribution < -0.4 is 5.32 Å². The fourth-order valence-corrected chi connectivity index (χ4v) is 1.71. The number of carbonyl (C=O) groups is 1. The quantitative estimate of drug-likeness (QED) is 0.866. The van der Waals surface area contributed by atoms with Gasteiger partial charge in [-0.15, -0.1) is 0 Å². The molecule has 100 valence electrons. The number of para-hydroxylation sites is 1. The van der Waals surface area contributed by atoms with Gasteiger partial charge < -0.3 is 10.2 Å². The summed E-state index contributed by atoms with van der Waals surface area (Å²) in [6, 6.07) is 7.67. The van der Waals surface area contributed by atoms with Gasteiger partial charge in [0.15, 0.2) is 0 Å². The number of nitrogens with zero attached hydrogens (tertiary/aromatic N) is 1. The first-order valence-electron chi connectivity index (χ1n) is 6.55. The average Bonchev–Trinajstić information content (AvgIpc) is 2.38. The molecule has 1 aromatic rings. The Morgan fingerprint density at radius 1 is 1.28 bits per heavy atom. The van der Waals surface area contributed by atoms with E-state index < -0.39 is 0 Å². The molecule has 0 saturated carbocycles. The number of benzene rings is 1. The minimum Gasteiger partial charge on any atom is -0.385 e. The molecule has 0 aliphatic carbocycles. The summed E-state index contributed by atoms with van der Waals surface area (Å²) in [5, 5.41) is 3.23. The molecule has 0 unspecified atom stereocenters. The summed E-state index contributed by atoms with van der Waals surface area (Å²) in [5.74, 6) is 0.0680. The molecule has 3 heteroatoms. The summed E-state index contributed by atoms with van der Waals surface area (Å²) < 4.78 is 0. The van der Waals surface area contributed by atoms with Gasteiger partial charge in [0.25, 0.3) is 5.91 Å². The Morgan fingerprint density at radius 2 is 1.89 bits per heavy atom. The van der Waals surface area contributed by atoms with Gasteiger partial charge >= 0.3 is 0 Å². The van der Waals surface area contributed by atoms with E-state index in [-0.39, 0.29) is 11.4 Å². The Hall–Kier alpha value is -1.51. The molecule has 0 aliphatic heterocycles. The molecule has 1 rings (SSSR count). The molecule has 0 bridgehead atoms. The standard InChI is InChI=1S/C15H24N2O/c1-6-15(3,4)17(5)14(18)12-10-8-9-11-13(12)16-7-2/h8-11,16H,6-7H2,1-5H3. The van der Waals surface area contributed by atoms with Gasteiger partial charge in [-0.1, -0.05) is 19.1 Å². The molecule has 0 atom stereocenters. The van der Waals surface area contributed by atoms with E-state index in [4.69, 9.17) is 0 Å². The molecule has 0 heterocycles. The Bertz CT molecular complexity index is 413. The number of nitrogens with one attached hydrogen (secondary N) is 1. The van der Waals surface area contributed by atoms with Crippen molar-refractivity contribution in [3.8, 4) is 0 Å². The van der Waals surface area contributed by atoms with Crippen LogP contribution in [0.5, 0.6) is 0 Å². The Balaban J connectivity index is 3.04. The van der Waals surface area contributed by atoms with Crippen molar-refractivity contribution in [3.05, 3.63) is 29.8 Å². The number of amides is 1. The van der Waals surface area contributed by atoms with Gasteiger partial charge in [0.05, 0.1) is 5.56 Å². The van der Waals surface area contributed by atoms with Crippen molar-refractivity contribution in [2.24, 2.45) is 0 Å². The van der Waals surface area contributed by atoms with Gasteiger partial charge in [0, 0.05) is 24.8 Å². The summed E-state index contributed by atoms with van der Waals surface area (Å²) in [5.41, 5.74) is 1.52. The lowest BCUT2D eigenvalue weighted by Gasteiger charge is -2.35. The van der Waals surface area contributed by atoms with Crippen molar-refractivity contribution in [2.75, 3.05) is 18.9 Å². The molecule has 0 aliphatic rings. The van der Waals surface area contributed by atoms with Gasteiger partial charge in [-0.2, -0.15) is 0 Å². The number of rotatable bonds is 5. The molecule has 1 amide bonds. The topological polar surface area (TPSA) is 32.3 Å². The van der Waals surface area contributed by atoms with Crippen LogP contribution in [0.2, 0.25) is 0 Å². The maximum Gasteiger partial charge on any atom is 0.256 e. The van der Waals surface area contributed by atoms with Gasteiger partial charge in [-0.3, -0.25) is 4.79 Å². The van der Waals surface area contributed by atoms with Gasteiger partial charge in [-0.05, 0) is 39.3 Å². The lowest BCUT2D eigenvalue weighted by atomic mass is 9.98. The van der Waals surface area contributed by atoms with E-state index >= 15 is 0 Å². The van der Waals surface area contributed by atoms with Crippen molar-refractivity contribution in [1.82, 2.24) is 4.90 Å². The predicted molar refractivity (Wildman–Crippen MR) is 77.1 cm³/mol. The molecule has 18 heavy (non-hydrogen) atoms. The van der Waals surface area contributed by atoms with Crippen molar-refractivity contribution < 1.29 is 4.79 Å². The van der Waals surface area contributed by atoms with E-state index in [0.29, 0.717) is 0 Å². The summed E-state index contributed by atoms with van der Waals surface area (Å²) >= 11 is 0. The summed E-state index contributed by atoms with van der Waals surface area (Å²) in [6.07, 6.45) is 0.929. The highest BCUT2D eigenvalue weighted by atomic mass is 16.2. The normalized spacial score (nSPS) is 11.2. The van der Waals surface area contributed by atoms with Gasteiger partial charge in [0.1, 0.15) is 0 Å². The first kappa shape index (κ1) is 14.6. The van der Waals surface area contributed by atoms with Crippen LogP contribution in [0.4, 0.5) is 5.69 Å². The molecule has 0 saturated heterocycles. The predicted octanol–water partition coefficient (Wildman–Crippen LogP) is 3.38. The molecule has 0 spiro atoms. The largest absolute Gasteiger partial charge is 0.385 e. The van der Waals surface area contributed by atoms with Crippen LogP contribution in [-0.2, 0) is 0 Å². The fraction of sp³-hybridized carbons (Fsp3) is 0.533. The summed E-state index contributed by atoms with van der Waals surface area (Å²) in [7, 11) is 1.87. The molecule has 0 fully saturated rings. The second kappa shape index (κ2) is 5.89. The SMILES string of the molecule is CCNc1ccccc1C(=O)N(C)C(C)(C)CC. The van der Waals surface area contributed by atoms with Crippen molar-refractivity contribution >= 4 is 11.6 Å². The summed E-state index contributed by atoms with van der Waals surface area (Å²) in [4.78, 5) is 14.4. The van der Waals surface area contributed by atoms with E-state index in [9.17, 15) is 4.79 Å². The zero-order valence-electron chi connectivity index (χ0n) is 12.1. The second-order valence-electron chi connectivity index (χ2n) is 5.11. The van der Waals surface area contributed by atoms with Crippen LogP contribution in [0, 0.1) is 0 Å². The monoisotopic (exact) mass is 248 g/mol. The third kappa shape index (κ3) is 3.03. The molecule has 1 N–H and O–H groups in total. The highest BCUT2D eigenvalue weighted by molar-refractivity contribution is 5.99. The smallest absolute Gasteiger partial charge is 0.256 e. The Labute approximate surface area is 110 Å². The van der Waals surface area contributed by atoms with Crippen LogP contribution in [0.15, 0.2) is 24.3 Å². The molecular formula is C15H24N2O. The molecule has 3 nitrogen and oxygen atoms in total. The summed E-state index contributed by atoms with van der Waals surface area (Å²) in [6.45, 7) is 9.10. The lowest BCUT2D eigenvalue weighted by Crippen LogP contribution is -2.44. The van der Waals surface area contributed by atoms with E-state index in [1.54, 1.807) is 0 Å². The van der Waals surface area contributed by atoms with Gasteiger partial charge in [0.2, 0.25) is 0 Å². The van der Waals surface area contributed by atoms with Crippen molar-refractivity contribution in [2.45, 2.75) is 39.7 Å². The zero-order chi connectivity index (χ0) is 13.8. The molecular weight excluding hydrogens is 224 g/mol. The Morgan fingerprint density at radius 3 is 2.44 bits per heavy atom. The number of anilines is 1. The van der Waals surface area contributed by atoms with Crippen LogP contribution in [-0.4, -0.2) is 29.9 Å². The highest BCUT2D eigenvalue weighted by Gasteiger charge is 2.27. The molecule has 0 aromatic heterocycles. The van der Waals surface area contributed by atoms with Crippen LogP contribution in [0.25, 0.3) is 0 Å². The lowest BCUT2D eigenvalue weighted by molar-refractivity contribution is 0.0621. The maximum atomic E-state index is 12.5. The number of carbonyl (C=O) groups excluding carboxylic acids is 1. The minimum atomic E-state index is -0.129. The molecule has 1 aromatic carbocycles. The maximum absolute atomic E-state index is 12.5. The van der Waals surface area contributed by atoms with Crippen LogP contribution in [0.3, 0.4) is 0 Å². The third-order valence-electron chi connectivity index (χ3n) is 3.60. The first-order valence-corrected chi connectivity index (χ1v) is 6.55. The van der Waals surface area contributed by atoms with E-state index in [1.807, 2.05) is 43.1 Å². The first-order chi connectivity index (χ1) is 8.44. The van der Waals surface area contributed by atoms with Crippen molar-refractivity contribution in [1.29, 1.82) is 0 Å². The Kier molecular flexibility index (Phi) is 4.76. The average molecular weight is 248 g/mol. The third-order valence-corrected chi connectivity index (χ3v) is 3.60. The van der Waals surface area contributed by atoms with E-state index in [2.05, 4.69) is 26.1 Å². The molecule has 0 radical (unpaired) electrons. The fourth-order valence-electron chi connectivity index (χ4n) is 1.71.